The second kappa shape index (κ2) is 2.84. The minimum Gasteiger partial charge on any atom is -0.388 e. The third-order valence-electron chi connectivity index (χ3n) is 1.61. The maximum absolute atomic E-state index is 9.02. The Morgan fingerprint density at radius 2 is 1.80 bits per heavy atom. The monoisotopic (exact) mass is 147 g/mol. The van der Waals surface area contributed by atoms with Crippen LogP contribution in [0.4, 0.5) is 0 Å². The lowest BCUT2D eigenvalue weighted by Crippen LogP contribution is -2.51. The Balaban J connectivity index is 2.52. The van der Waals surface area contributed by atoms with Crippen LogP contribution in [0.5, 0.6) is 0 Å². The molecule has 0 aliphatic carbocycles. The summed E-state index contributed by atoms with van der Waals surface area (Å²) in [5.41, 5.74) is 0. The van der Waals surface area contributed by atoms with Crippen molar-refractivity contribution >= 4 is 0 Å². The Morgan fingerprint density at radius 1 is 1.20 bits per heavy atom. The molecule has 4 atom stereocenters. The van der Waals surface area contributed by atoms with Gasteiger partial charge in [-0.25, -0.2) is 0 Å². The lowest BCUT2D eigenvalue weighted by Gasteiger charge is -2.33. The Morgan fingerprint density at radius 3 is 2.30 bits per heavy atom. The van der Waals surface area contributed by atoms with E-state index in [2.05, 4.69) is 6.92 Å². The second-order valence-electron chi connectivity index (χ2n) is 2.42. The second-order valence-corrected chi connectivity index (χ2v) is 2.42. The van der Waals surface area contributed by atoms with Crippen LogP contribution in [0.25, 0.3) is 0 Å². The van der Waals surface area contributed by atoms with Gasteiger partial charge in [-0.05, 0) is 6.92 Å². The first kappa shape index (κ1) is 7.94. The summed E-state index contributed by atoms with van der Waals surface area (Å²) < 4.78 is 4.80. The van der Waals surface area contributed by atoms with Crippen LogP contribution in [0.2, 0.25) is 0 Å². The van der Waals surface area contributed by atoms with E-state index in [4.69, 9.17) is 20.1 Å². The van der Waals surface area contributed by atoms with Gasteiger partial charge in [0.05, 0.1) is 12.7 Å². The Hall–Kier alpha value is -0.160. The molecule has 59 valence electrons. The molecule has 0 bridgehead atoms. The van der Waals surface area contributed by atoms with Gasteiger partial charge in [0.25, 0.3) is 0 Å². The lowest BCUT2D eigenvalue weighted by molar-refractivity contribution is -0.174. The van der Waals surface area contributed by atoms with Crippen LogP contribution in [-0.2, 0) is 4.74 Å². The molecule has 4 unspecified atom stereocenters. The predicted molar refractivity (Wildman–Crippen MR) is 33.1 cm³/mol. The van der Waals surface area contributed by atoms with Crippen molar-refractivity contribution in [2.24, 2.45) is 0 Å². The molecule has 0 amide bonds. The molecule has 1 radical (unpaired) electrons. The smallest absolute Gasteiger partial charge is 0.111 e. The Kier molecular flexibility index (Phi) is 2.25. The van der Waals surface area contributed by atoms with Crippen molar-refractivity contribution in [3.63, 3.8) is 0 Å². The standard InChI is InChI=1S/C6H11O4/c1-3-5(8)6(9)4(7)2-10-3/h3-9H,1-2H2. The van der Waals surface area contributed by atoms with Crippen LogP contribution in [0.3, 0.4) is 0 Å². The summed E-state index contributed by atoms with van der Waals surface area (Å²) in [5, 5.41) is 26.9. The van der Waals surface area contributed by atoms with E-state index in [1.165, 1.54) is 0 Å². The van der Waals surface area contributed by atoms with Crippen LogP contribution in [0, 0.1) is 6.92 Å². The minimum absolute atomic E-state index is 0.0341. The van der Waals surface area contributed by atoms with E-state index in [1.54, 1.807) is 0 Å². The van der Waals surface area contributed by atoms with E-state index in [0.717, 1.165) is 0 Å². The number of hydrogen-bond acceptors (Lipinski definition) is 4. The number of rotatable bonds is 0. The third-order valence-corrected chi connectivity index (χ3v) is 1.61. The molecule has 1 aliphatic heterocycles. The highest BCUT2D eigenvalue weighted by Crippen LogP contribution is 2.13. The van der Waals surface area contributed by atoms with E-state index in [1.807, 2.05) is 0 Å². The molecule has 1 rings (SSSR count). The topological polar surface area (TPSA) is 69.9 Å². The quantitative estimate of drug-likeness (QED) is 0.382. The van der Waals surface area contributed by atoms with Crippen LogP contribution in [0.15, 0.2) is 0 Å². The lowest BCUT2D eigenvalue weighted by atomic mass is 10.0. The molecule has 4 nitrogen and oxygen atoms in total. The summed E-state index contributed by atoms with van der Waals surface area (Å²) in [6.07, 6.45) is -3.84. The SMILES string of the molecule is [CH2]C1OCC(O)C(O)C1O. The Bertz CT molecular complexity index is 102. The fraction of sp³-hybridized carbons (Fsp3) is 0.833. The van der Waals surface area contributed by atoms with E-state index >= 15 is 0 Å². The molecule has 0 aromatic rings. The number of aliphatic hydroxyl groups excluding tert-OH is 3. The van der Waals surface area contributed by atoms with Gasteiger partial charge in [-0.3, -0.25) is 0 Å². The summed E-state index contributed by atoms with van der Waals surface area (Å²) in [5.74, 6) is 0. The van der Waals surface area contributed by atoms with Gasteiger partial charge in [-0.1, -0.05) is 0 Å². The highest BCUT2D eigenvalue weighted by molar-refractivity contribution is 4.87. The molecule has 3 N–H and O–H groups in total. The van der Waals surface area contributed by atoms with E-state index in [9.17, 15) is 0 Å². The molecule has 1 saturated heterocycles. The van der Waals surface area contributed by atoms with Crippen molar-refractivity contribution in [2.45, 2.75) is 24.4 Å². The molecule has 4 heteroatoms. The first-order chi connectivity index (χ1) is 4.63. The number of aliphatic hydroxyl groups is 3. The molecular weight excluding hydrogens is 136 g/mol. The van der Waals surface area contributed by atoms with Crippen LogP contribution >= 0.6 is 0 Å². The van der Waals surface area contributed by atoms with Crippen molar-refractivity contribution < 1.29 is 20.1 Å². The van der Waals surface area contributed by atoms with Crippen molar-refractivity contribution in [3.8, 4) is 0 Å². The van der Waals surface area contributed by atoms with Crippen LogP contribution < -0.4 is 0 Å². The van der Waals surface area contributed by atoms with Gasteiger partial charge in [-0.2, -0.15) is 0 Å². The molecule has 1 aliphatic rings. The Labute approximate surface area is 59.1 Å². The third kappa shape index (κ3) is 1.29. The van der Waals surface area contributed by atoms with Gasteiger partial charge in [-0.15, -0.1) is 0 Å². The fourth-order valence-electron chi connectivity index (χ4n) is 0.867. The van der Waals surface area contributed by atoms with Crippen LogP contribution in [-0.4, -0.2) is 46.3 Å². The number of ether oxygens (including phenoxy) is 1. The number of hydrogen-bond donors (Lipinski definition) is 3. The highest BCUT2D eigenvalue weighted by atomic mass is 16.5. The van der Waals surface area contributed by atoms with Gasteiger partial charge in [0.2, 0.25) is 0 Å². The zero-order valence-electron chi connectivity index (χ0n) is 5.47. The molecule has 0 spiro atoms. The van der Waals surface area contributed by atoms with Gasteiger partial charge in [0.15, 0.2) is 0 Å². The summed E-state index contributed by atoms with van der Waals surface area (Å²) in [7, 11) is 0. The maximum Gasteiger partial charge on any atom is 0.111 e. The predicted octanol–water partition coefficient (Wildman–Crippen LogP) is -1.70. The molecule has 0 aromatic carbocycles. The van der Waals surface area contributed by atoms with E-state index < -0.39 is 24.4 Å². The largest absolute Gasteiger partial charge is 0.388 e. The minimum atomic E-state index is -1.13. The van der Waals surface area contributed by atoms with Crippen LogP contribution in [0.1, 0.15) is 0 Å². The van der Waals surface area contributed by atoms with Crippen molar-refractivity contribution in [1.82, 2.24) is 0 Å². The normalized spacial score (nSPS) is 49.2. The zero-order chi connectivity index (χ0) is 7.72. The summed E-state index contributed by atoms with van der Waals surface area (Å²) >= 11 is 0. The fourth-order valence-corrected chi connectivity index (χ4v) is 0.867. The van der Waals surface area contributed by atoms with Gasteiger partial charge >= 0.3 is 0 Å². The molecule has 1 heterocycles. The molecule has 1 fully saturated rings. The van der Waals surface area contributed by atoms with Gasteiger partial charge in [0.1, 0.15) is 18.3 Å². The van der Waals surface area contributed by atoms with Crippen molar-refractivity contribution in [1.29, 1.82) is 0 Å². The average molecular weight is 147 g/mol. The zero-order valence-corrected chi connectivity index (χ0v) is 5.47. The summed E-state index contributed by atoms with van der Waals surface area (Å²) in [6.45, 7) is 3.45. The summed E-state index contributed by atoms with van der Waals surface area (Å²) in [4.78, 5) is 0. The molecule has 0 aromatic heterocycles. The van der Waals surface area contributed by atoms with Crippen molar-refractivity contribution in [2.75, 3.05) is 6.61 Å². The highest BCUT2D eigenvalue weighted by Gasteiger charge is 2.34. The van der Waals surface area contributed by atoms with E-state index in [-0.39, 0.29) is 6.61 Å². The molecule has 10 heavy (non-hydrogen) atoms. The molecular formula is C6H11O4. The average Bonchev–Trinajstić information content (AvgIpc) is 1.93. The maximum atomic E-state index is 9.02. The van der Waals surface area contributed by atoms with Crippen molar-refractivity contribution in [3.05, 3.63) is 6.92 Å². The van der Waals surface area contributed by atoms with Gasteiger partial charge in [0, 0.05) is 0 Å². The van der Waals surface area contributed by atoms with E-state index in [0.29, 0.717) is 0 Å². The first-order valence-corrected chi connectivity index (χ1v) is 3.12. The van der Waals surface area contributed by atoms with Gasteiger partial charge < -0.3 is 20.1 Å². The first-order valence-electron chi connectivity index (χ1n) is 3.12. The summed E-state index contributed by atoms with van der Waals surface area (Å²) in [6, 6.07) is 0. The molecule has 0 saturated carbocycles.